The highest BCUT2D eigenvalue weighted by atomic mass is 15.3. The standard InChI is InChI=1S/C22H22N4/c1-15-7-5-9-17(13-15)19-11-12-23-21-20(19)24-22(25(3)4)26(21)18-10-6-8-16(2)14-18/h5-14H,1-4H3. The predicted molar refractivity (Wildman–Crippen MR) is 108 cm³/mol. The van der Waals surface area contributed by atoms with Crippen LogP contribution in [-0.4, -0.2) is 28.6 Å². The Labute approximate surface area is 153 Å². The number of pyridine rings is 1. The fourth-order valence-electron chi connectivity index (χ4n) is 3.31. The lowest BCUT2D eigenvalue weighted by molar-refractivity contribution is 0.961. The Bertz CT molecular complexity index is 1090. The monoisotopic (exact) mass is 342 g/mol. The number of aromatic nitrogens is 3. The molecule has 4 heteroatoms. The molecule has 2 heterocycles. The Hall–Kier alpha value is -3.14. The molecule has 0 aliphatic rings. The van der Waals surface area contributed by atoms with Crippen molar-refractivity contribution in [2.24, 2.45) is 0 Å². The summed E-state index contributed by atoms with van der Waals surface area (Å²) in [6.45, 7) is 4.21. The Morgan fingerprint density at radius 1 is 0.885 bits per heavy atom. The highest BCUT2D eigenvalue weighted by Crippen LogP contribution is 2.32. The van der Waals surface area contributed by atoms with E-state index in [1.54, 1.807) is 0 Å². The minimum Gasteiger partial charge on any atom is -0.348 e. The largest absolute Gasteiger partial charge is 0.348 e. The first-order valence-electron chi connectivity index (χ1n) is 8.73. The van der Waals surface area contributed by atoms with Crippen molar-refractivity contribution in [3.8, 4) is 16.8 Å². The van der Waals surface area contributed by atoms with Crippen molar-refractivity contribution < 1.29 is 0 Å². The summed E-state index contributed by atoms with van der Waals surface area (Å²) in [5, 5.41) is 0. The van der Waals surface area contributed by atoms with Crippen LogP contribution in [0, 0.1) is 13.8 Å². The summed E-state index contributed by atoms with van der Waals surface area (Å²) < 4.78 is 2.13. The first kappa shape index (κ1) is 16.3. The van der Waals surface area contributed by atoms with Crippen LogP contribution in [0.3, 0.4) is 0 Å². The number of nitrogens with zero attached hydrogens (tertiary/aromatic N) is 4. The molecule has 0 aliphatic carbocycles. The van der Waals surface area contributed by atoms with Gasteiger partial charge < -0.3 is 4.90 Å². The molecule has 2 aromatic heterocycles. The molecule has 130 valence electrons. The first-order chi connectivity index (χ1) is 12.5. The van der Waals surface area contributed by atoms with E-state index < -0.39 is 0 Å². The van der Waals surface area contributed by atoms with Gasteiger partial charge in [0.1, 0.15) is 5.52 Å². The molecule has 2 aromatic carbocycles. The van der Waals surface area contributed by atoms with E-state index in [4.69, 9.17) is 4.98 Å². The number of imidazole rings is 1. The summed E-state index contributed by atoms with van der Waals surface area (Å²) in [5.74, 6) is 0.873. The third-order valence-electron chi connectivity index (χ3n) is 4.52. The topological polar surface area (TPSA) is 34.0 Å². The SMILES string of the molecule is Cc1cccc(-c2ccnc3c2nc(N(C)C)n3-c2cccc(C)c2)c1. The van der Waals surface area contributed by atoms with Gasteiger partial charge in [0, 0.05) is 25.9 Å². The number of aryl methyl sites for hydroxylation is 2. The van der Waals surface area contributed by atoms with E-state index in [1.165, 1.54) is 11.1 Å². The van der Waals surface area contributed by atoms with Crippen LogP contribution in [0.1, 0.15) is 11.1 Å². The number of rotatable bonds is 3. The molecule has 0 unspecified atom stereocenters. The Kier molecular flexibility index (Phi) is 3.96. The Balaban J connectivity index is 2.04. The summed E-state index contributed by atoms with van der Waals surface area (Å²) in [6.07, 6.45) is 1.87. The molecular formula is C22H22N4. The molecule has 4 aromatic rings. The number of benzene rings is 2. The molecule has 4 nitrogen and oxygen atoms in total. The second kappa shape index (κ2) is 6.30. The fraction of sp³-hybridized carbons (Fsp3) is 0.182. The second-order valence-corrected chi connectivity index (χ2v) is 6.88. The van der Waals surface area contributed by atoms with Crippen molar-refractivity contribution in [2.75, 3.05) is 19.0 Å². The van der Waals surface area contributed by atoms with Crippen molar-refractivity contribution in [1.29, 1.82) is 0 Å². The zero-order chi connectivity index (χ0) is 18.3. The summed E-state index contributed by atoms with van der Waals surface area (Å²) >= 11 is 0. The van der Waals surface area contributed by atoms with E-state index in [0.29, 0.717) is 0 Å². The molecule has 0 N–H and O–H groups in total. The maximum Gasteiger partial charge on any atom is 0.212 e. The van der Waals surface area contributed by atoms with E-state index in [1.807, 2.05) is 31.3 Å². The van der Waals surface area contributed by atoms with Gasteiger partial charge in [0.2, 0.25) is 5.95 Å². The zero-order valence-electron chi connectivity index (χ0n) is 15.6. The Morgan fingerprint density at radius 2 is 1.62 bits per heavy atom. The predicted octanol–water partition coefficient (Wildman–Crippen LogP) is 4.77. The molecule has 0 spiro atoms. The van der Waals surface area contributed by atoms with Crippen molar-refractivity contribution in [2.45, 2.75) is 13.8 Å². The van der Waals surface area contributed by atoms with Gasteiger partial charge in [-0.2, -0.15) is 0 Å². The van der Waals surface area contributed by atoms with Crippen molar-refractivity contribution in [3.05, 3.63) is 71.9 Å². The third kappa shape index (κ3) is 2.73. The minimum atomic E-state index is 0.873. The van der Waals surface area contributed by atoms with Crippen molar-refractivity contribution in [1.82, 2.24) is 14.5 Å². The summed E-state index contributed by atoms with van der Waals surface area (Å²) in [5.41, 5.74) is 7.58. The molecule has 0 aliphatic heterocycles. The average Bonchev–Trinajstić information content (AvgIpc) is 3.01. The maximum absolute atomic E-state index is 4.95. The van der Waals surface area contributed by atoms with Gasteiger partial charge in [-0.15, -0.1) is 0 Å². The van der Waals surface area contributed by atoms with Gasteiger partial charge in [0.05, 0.1) is 5.69 Å². The molecule has 0 fully saturated rings. The van der Waals surface area contributed by atoms with E-state index >= 15 is 0 Å². The summed E-state index contributed by atoms with van der Waals surface area (Å²) in [6, 6.07) is 19.0. The van der Waals surface area contributed by atoms with E-state index in [-0.39, 0.29) is 0 Å². The lowest BCUT2D eigenvalue weighted by Gasteiger charge is -2.14. The minimum absolute atomic E-state index is 0.873. The molecule has 0 atom stereocenters. The van der Waals surface area contributed by atoms with E-state index in [0.717, 1.165) is 33.9 Å². The molecule has 26 heavy (non-hydrogen) atoms. The number of hydrogen-bond acceptors (Lipinski definition) is 3. The van der Waals surface area contributed by atoms with E-state index in [9.17, 15) is 0 Å². The van der Waals surface area contributed by atoms with Gasteiger partial charge in [-0.05, 0) is 43.2 Å². The van der Waals surface area contributed by atoms with Gasteiger partial charge >= 0.3 is 0 Å². The van der Waals surface area contributed by atoms with Crippen LogP contribution in [0.5, 0.6) is 0 Å². The zero-order valence-corrected chi connectivity index (χ0v) is 15.6. The summed E-state index contributed by atoms with van der Waals surface area (Å²) in [7, 11) is 4.03. The van der Waals surface area contributed by atoms with Crippen molar-refractivity contribution >= 4 is 17.1 Å². The molecule has 0 radical (unpaired) electrons. The van der Waals surface area contributed by atoms with Gasteiger partial charge in [0.15, 0.2) is 5.65 Å². The van der Waals surface area contributed by atoms with Crippen LogP contribution in [0.15, 0.2) is 60.8 Å². The summed E-state index contributed by atoms with van der Waals surface area (Å²) in [4.78, 5) is 11.7. The first-order valence-corrected chi connectivity index (χ1v) is 8.73. The Morgan fingerprint density at radius 3 is 2.31 bits per heavy atom. The van der Waals surface area contributed by atoms with Gasteiger partial charge in [-0.25, -0.2) is 9.97 Å². The number of fused-ring (bicyclic) bond motifs is 1. The molecular weight excluding hydrogens is 320 g/mol. The quantitative estimate of drug-likeness (QED) is 0.538. The van der Waals surface area contributed by atoms with Crippen molar-refractivity contribution in [3.63, 3.8) is 0 Å². The number of anilines is 1. The molecule has 0 amide bonds. The van der Waals surface area contributed by atoms with Crippen LogP contribution in [-0.2, 0) is 0 Å². The van der Waals surface area contributed by atoms with Crippen LogP contribution < -0.4 is 4.90 Å². The van der Waals surface area contributed by atoms with Crippen LogP contribution in [0.2, 0.25) is 0 Å². The third-order valence-corrected chi connectivity index (χ3v) is 4.52. The maximum atomic E-state index is 4.95. The van der Waals surface area contributed by atoms with Crippen LogP contribution in [0.4, 0.5) is 5.95 Å². The van der Waals surface area contributed by atoms with E-state index in [2.05, 4.69) is 71.9 Å². The van der Waals surface area contributed by atoms with Crippen LogP contribution in [0.25, 0.3) is 28.0 Å². The smallest absolute Gasteiger partial charge is 0.212 e. The van der Waals surface area contributed by atoms with Gasteiger partial charge in [-0.3, -0.25) is 4.57 Å². The van der Waals surface area contributed by atoms with Gasteiger partial charge in [-0.1, -0.05) is 42.0 Å². The fourth-order valence-corrected chi connectivity index (χ4v) is 3.31. The lowest BCUT2D eigenvalue weighted by atomic mass is 10.0. The highest BCUT2D eigenvalue weighted by Gasteiger charge is 2.18. The molecule has 0 saturated carbocycles. The van der Waals surface area contributed by atoms with Gasteiger partial charge in [0.25, 0.3) is 0 Å². The average molecular weight is 342 g/mol. The molecule has 0 bridgehead atoms. The molecule has 4 rings (SSSR count). The normalized spacial score (nSPS) is 11.1. The second-order valence-electron chi connectivity index (χ2n) is 6.88. The number of hydrogen-bond donors (Lipinski definition) is 0. The molecule has 0 saturated heterocycles. The highest BCUT2D eigenvalue weighted by molar-refractivity contribution is 5.92. The lowest BCUT2D eigenvalue weighted by Crippen LogP contribution is -2.14. The van der Waals surface area contributed by atoms with Crippen LogP contribution >= 0.6 is 0 Å².